The van der Waals surface area contributed by atoms with Gasteiger partial charge in [-0.15, -0.1) is 0 Å². The molecule has 2 amide bonds. The van der Waals surface area contributed by atoms with E-state index >= 15 is 0 Å². The predicted molar refractivity (Wildman–Crippen MR) is 119 cm³/mol. The quantitative estimate of drug-likeness (QED) is 0.694. The van der Waals surface area contributed by atoms with Crippen LogP contribution < -0.4 is 4.90 Å². The Labute approximate surface area is 182 Å². The van der Waals surface area contributed by atoms with Crippen molar-refractivity contribution in [2.24, 2.45) is 17.3 Å². The van der Waals surface area contributed by atoms with E-state index in [4.69, 9.17) is 0 Å². The van der Waals surface area contributed by atoms with E-state index in [1.807, 2.05) is 81.3 Å². The Morgan fingerprint density at radius 2 is 1.55 bits per heavy atom. The molecule has 0 saturated carbocycles. The van der Waals surface area contributed by atoms with Crippen molar-refractivity contribution in [1.82, 2.24) is 4.90 Å². The smallest absolute Gasteiger partial charge is 0.240 e. The number of Topliss-reactive ketones (excluding diaryl/α,β-unsaturated/α-hetero) is 1. The summed E-state index contributed by atoms with van der Waals surface area (Å²) in [4.78, 5) is 44.2. The Morgan fingerprint density at radius 1 is 0.903 bits per heavy atom. The Balaban J connectivity index is 1.66. The number of rotatable bonds is 2. The van der Waals surface area contributed by atoms with E-state index in [-0.39, 0.29) is 23.6 Å². The van der Waals surface area contributed by atoms with Crippen LogP contribution >= 0.6 is 0 Å². The van der Waals surface area contributed by atoms with Gasteiger partial charge >= 0.3 is 0 Å². The largest absolute Gasteiger partial charge is 0.359 e. The summed E-state index contributed by atoms with van der Waals surface area (Å²) in [6.07, 6.45) is 3.87. The molecule has 5 nitrogen and oxygen atoms in total. The maximum Gasteiger partial charge on any atom is 0.240 e. The Morgan fingerprint density at radius 3 is 2.23 bits per heavy atom. The first kappa shape index (κ1) is 19.7. The van der Waals surface area contributed by atoms with E-state index in [0.717, 1.165) is 16.7 Å². The van der Waals surface area contributed by atoms with Crippen molar-refractivity contribution in [3.05, 3.63) is 71.4 Å². The van der Waals surface area contributed by atoms with Crippen LogP contribution in [0.1, 0.15) is 43.5 Å². The minimum absolute atomic E-state index is 0.0130. The zero-order valence-corrected chi connectivity index (χ0v) is 18.2. The molecular formula is C26H26N2O3. The van der Waals surface area contributed by atoms with Gasteiger partial charge in [-0.2, -0.15) is 0 Å². The topological polar surface area (TPSA) is 57.7 Å². The van der Waals surface area contributed by atoms with Crippen LogP contribution in [0.4, 0.5) is 5.69 Å². The highest BCUT2D eigenvalue weighted by molar-refractivity contribution is 6.24. The molecule has 0 N–H and O–H groups in total. The average molecular weight is 415 g/mol. The van der Waals surface area contributed by atoms with Crippen LogP contribution in [0, 0.1) is 24.2 Å². The lowest BCUT2D eigenvalue weighted by molar-refractivity contribution is -0.135. The zero-order chi connectivity index (χ0) is 22.1. The fourth-order valence-electron chi connectivity index (χ4n) is 5.25. The minimum atomic E-state index is -0.693. The molecule has 31 heavy (non-hydrogen) atoms. The molecule has 4 atom stereocenters. The molecule has 0 bridgehead atoms. The molecule has 4 unspecified atom stereocenters. The van der Waals surface area contributed by atoms with Gasteiger partial charge in [-0.25, -0.2) is 4.90 Å². The normalized spacial score (nSPS) is 26.7. The summed E-state index contributed by atoms with van der Waals surface area (Å²) < 4.78 is 0. The number of ketones is 1. The number of hydrogen-bond donors (Lipinski definition) is 0. The van der Waals surface area contributed by atoms with Crippen molar-refractivity contribution >= 4 is 29.4 Å². The van der Waals surface area contributed by atoms with Crippen LogP contribution in [0.3, 0.4) is 0 Å². The summed E-state index contributed by atoms with van der Waals surface area (Å²) in [6, 6.07) is 14.3. The third kappa shape index (κ3) is 2.79. The molecular weight excluding hydrogens is 388 g/mol. The summed E-state index contributed by atoms with van der Waals surface area (Å²) in [5.41, 5.74) is 3.02. The van der Waals surface area contributed by atoms with Gasteiger partial charge in [0.25, 0.3) is 0 Å². The predicted octanol–water partition coefficient (Wildman–Crippen LogP) is 4.13. The maximum absolute atomic E-state index is 13.7. The van der Waals surface area contributed by atoms with E-state index in [1.165, 1.54) is 4.90 Å². The van der Waals surface area contributed by atoms with Crippen molar-refractivity contribution in [2.45, 2.75) is 39.8 Å². The molecule has 5 rings (SSSR count). The van der Waals surface area contributed by atoms with Gasteiger partial charge < -0.3 is 4.90 Å². The number of aryl methyl sites for hydroxylation is 1. The zero-order valence-electron chi connectivity index (χ0n) is 18.2. The highest BCUT2D eigenvalue weighted by Crippen LogP contribution is 2.54. The van der Waals surface area contributed by atoms with Crippen LogP contribution in [-0.2, 0) is 14.4 Å². The van der Waals surface area contributed by atoms with Gasteiger partial charge in [0, 0.05) is 11.6 Å². The van der Waals surface area contributed by atoms with Crippen LogP contribution in [0.2, 0.25) is 0 Å². The van der Waals surface area contributed by atoms with Crippen molar-refractivity contribution in [1.29, 1.82) is 0 Å². The molecule has 3 heterocycles. The van der Waals surface area contributed by atoms with Crippen molar-refractivity contribution in [3.8, 4) is 0 Å². The van der Waals surface area contributed by atoms with Crippen molar-refractivity contribution < 1.29 is 14.4 Å². The number of carbonyl (C=O) groups excluding carboxylic acids is 3. The fraction of sp³-hybridized carbons (Fsp3) is 0.346. The summed E-state index contributed by atoms with van der Waals surface area (Å²) >= 11 is 0. The number of fused-ring (bicyclic) bond motifs is 5. The van der Waals surface area contributed by atoms with Gasteiger partial charge in [-0.3, -0.25) is 14.4 Å². The van der Waals surface area contributed by atoms with E-state index in [0.29, 0.717) is 5.69 Å². The third-order valence-electron chi connectivity index (χ3n) is 6.76. The lowest BCUT2D eigenvalue weighted by atomic mass is 9.79. The van der Waals surface area contributed by atoms with Crippen molar-refractivity contribution in [2.75, 3.05) is 4.90 Å². The molecule has 2 aromatic rings. The minimum Gasteiger partial charge on any atom is -0.359 e. The van der Waals surface area contributed by atoms with Crippen LogP contribution in [0.15, 0.2) is 54.7 Å². The molecule has 0 aromatic heterocycles. The fourth-order valence-corrected chi connectivity index (χ4v) is 5.25. The second-order valence-electron chi connectivity index (χ2n) is 9.79. The monoisotopic (exact) mass is 414 g/mol. The summed E-state index contributed by atoms with van der Waals surface area (Å²) in [7, 11) is 0. The van der Waals surface area contributed by atoms with E-state index < -0.39 is 23.3 Å². The van der Waals surface area contributed by atoms with Gasteiger partial charge in [-0.1, -0.05) is 62.7 Å². The average Bonchev–Trinajstić information content (AvgIpc) is 3.20. The molecule has 2 fully saturated rings. The maximum atomic E-state index is 13.7. The van der Waals surface area contributed by atoms with Crippen LogP contribution in [0.25, 0.3) is 6.08 Å². The lowest BCUT2D eigenvalue weighted by Gasteiger charge is -2.37. The first-order valence-corrected chi connectivity index (χ1v) is 10.7. The first-order valence-electron chi connectivity index (χ1n) is 10.7. The molecule has 0 aliphatic carbocycles. The van der Waals surface area contributed by atoms with E-state index in [2.05, 4.69) is 0 Å². The molecule has 0 radical (unpaired) electrons. The molecule has 3 aliphatic rings. The highest BCUT2D eigenvalue weighted by atomic mass is 16.2. The van der Waals surface area contributed by atoms with Crippen molar-refractivity contribution in [3.63, 3.8) is 0 Å². The second-order valence-corrected chi connectivity index (χ2v) is 9.79. The Kier molecular flexibility index (Phi) is 4.23. The van der Waals surface area contributed by atoms with Gasteiger partial charge in [0.1, 0.15) is 6.04 Å². The van der Waals surface area contributed by atoms with Gasteiger partial charge in [0.05, 0.1) is 23.6 Å². The highest BCUT2D eigenvalue weighted by Gasteiger charge is 2.65. The molecule has 2 saturated heterocycles. The number of anilines is 1. The van der Waals surface area contributed by atoms with E-state index in [1.54, 1.807) is 12.1 Å². The SMILES string of the molecule is Cc1ccc(N2C(=O)C3C(C2=O)C2c4ccccc4C=CN2C3C(=O)C(C)(C)C)cc1. The Bertz CT molecular complexity index is 1130. The van der Waals surface area contributed by atoms with Gasteiger partial charge in [0.15, 0.2) is 5.78 Å². The van der Waals surface area contributed by atoms with Crippen LogP contribution in [-0.4, -0.2) is 28.5 Å². The number of carbonyl (C=O) groups is 3. The number of amides is 2. The van der Waals surface area contributed by atoms with Gasteiger partial charge in [0.2, 0.25) is 11.8 Å². The summed E-state index contributed by atoms with van der Waals surface area (Å²) in [5.74, 6) is -1.79. The number of benzene rings is 2. The number of nitrogens with zero attached hydrogens (tertiary/aromatic N) is 2. The molecule has 2 aromatic carbocycles. The third-order valence-corrected chi connectivity index (χ3v) is 6.76. The first-order chi connectivity index (χ1) is 14.7. The van der Waals surface area contributed by atoms with E-state index in [9.17, 15) is 14.4 Å². The molecule has 0 spiro atoms. The molecule has 158 valence electrons. The standard InChI is InChI=1S/C26H26N2O3/c1-15-9-11-17(12-10-15)28-24(30)19-20(25(28)31)22(23(29)26(2,3)4)27-14-13-16-7-5-6-8-18(16)21(19)27/h5-14,19-22H,1-4H3. The van der Waals surface area contributed by atoms with Crippen LogP contribution in [0.5, 0.6) is 0 Å². The molecule has 5 heteroatoms. The second kappa shape index (κ2) is 6.64. The number of hydrogen-bond acceptors (Lipinski definition) is 4. The Hall–Kier alpha value is -3.21. The number of imide groups is 1. The van der Waals surface area contributed by atoms with Gasteiger partial charge in [-0.05, 0) is 36.3 Å². The molecule has 3 aliphatic heterocycles. The summed E-state index contributed by atoms with van der Waals surface area (Å²) in [5, 5.41) is 0. The lowest BCUT2D eigenvalue weighted by Crippen LogP contribution is -2.47. The summed E-state index contributed by atoms with van der Waals surface area (Å²) in [6.45, 7) is 7.59.